The van der Waals surface area contributed by atoms with E-state index in [1.165, 1.54) is 5.57 Å². The Morgan fingerprint density at radius 2 is 2.12 bits per heavy atom. The van der Waals surface area contributed by atoms with Crippen LogP contribution in [-0.2, 0) is 0 Å². The summed E-state index contributed by atoms with van der Waals surface area (Å²) in [5, 5.41) is 10.6. The molecule has 0 spiro atoms. The van der Waals surface area contributed by atoms with Crippen LogP contribution in [0.4, 0.5) is 0 Å². The zero-order valence-electron chi connectivity index (χ0n) is 9.70. The van der Waals surface area contributed by atoms with E-state index in [0.29, 0.717) is 0 Å². The number of halogens is 1. The Balaban J connectivity index is 2.34. The molecule has 86 valence electrons. The van der Waals surface area contributed by atoms with Crippen molar-refractivity contribution < 1.29 is 5.11 Å². The van der Waals surface area contributed by atoms with Crippen LogP contribution >= 0.6 is 11.6 Å². The number of aliphatic hydroxyl groups is 1. The number of hydrogen-bond acceptors (Lipinski definition) is 1. The SMILES string of the molecule is CC1(C)CC(c2cccc(Cl)c2)=CC(O)C1. The molecule has 2 rings (SSSR count). The second-order valence-electron chi connectivity index (χ2n) is 5.31. The van der Waals surface area contributed by atoms with Gasteiger partial charge in [0, 0.05) is 5.02 Å². The van der Waals surface area contributed by atoms with Gasteiger partial charge in [0.25, 0.3) is 0 Å². The van der Waals surface area contributed by atoms with Crippen molar-refractivity contribution in [3.05, 3.63) is 40.9 Å². The van der Waals surface area contributed by atoms with Crippen LogP contribution in [0.2, 0.25) is 5.02 Å². The normalized spacial score (nSPS) is 24.0. The third-order valence-corrected chi connectivity index (χ3v) is 3.25. The predicted molar refractivity (Wildman–Crippen MR) is 68.5 cm³/mol. The van der Waals surface area contributed by atoms with Crippen LogP contribution in [0.3, 0.4) is 0 Å². The fourth-order valence-electron chi connectivity index (χ4n) is 2.39. The monoisotopic (exact) mass is 236 g/mol. The summed E-state index contributed by atoms with van der Waals surface area (Å²) in [5.74, 6) is 0. The summed E-state index contributed by atoms with van der Waals surface area (Å²) in [4.78, 5) is 0. The molecule has 1 aliphatic rings. The van der Waals surface area contributed by atoms with Crippen molar-refractivity contribution in [3.8, 4) is 0 Å². The Morgan fingerprint density at radius 1 is 1.38 bits per heavy atom. The van der Waals surface area contributed by atoms with Gasteiger partial charge in [0.1, 0.15) is 0 Å². The topological polar surface area (TPSA) is 20.2 Å². The Labute approximate surface area is 102 Å². The average Bonchev–Trinajstić information content (AvgIpc) is 2.14. The molecule has 1 aromatic carbocycles. The Hall–Kier alpha value is -0.790. The molecular weight excluding hydrogens is 220 g/mol. The summed E-state index contributed by atoms with van der Waals surface area (Å²) >= 11 is 5.98. The van der Waals surface area contributed by atoms with Gasteiger partial charge in [-0.2, -0.15) is 0 Å². The summed E-state index contributed by atoms with van der Waals surface area (Å²) in [6.07, 6.45) is 3.44. The molecule has 1 N–H and O–H groups in total. The van der Waals surface area contributed by atoms with Crippen molar-refractivity contribution in [2.45, 2.75) is 32.8 Å². The highest BCUT2D eigenvalue weighted by Gasteiger charge is 2.28. The standard InChI is InChI=1S/C14H17ClO/c1-14(2)8-11(7-13(16)9-14)10-4-3-5-12(15)6-10/h3-7,13,16H,8-9H2,1-2H3. The molecule has 0 heterocycles. The molecule has 0 aromatic heterocycles. The maximum absolute atomic E-state index is 9.84. The molecule has 1 unspecified atom stereocenters. The van der Waals surface area contributed by atoms with E-state index in [-0.39, 0.29) is 11.5 Å². The van der Waals surface area contributed by atoms with E-state index in [4.69, 9.17) is 11.6 Å². The second-order valence-corrected chi connectivity index (χ2v) is 5.75. The van der Waals surface area contributed by atoms with E-state index in [1.807, 2.05) is 30.3 Å². The van der Waals surface area contributed by atoms with Crippen molar-refractivity contribution in [2.24, 2.45) is 5.41 Å². The average molecular weight is 237 g/mol. The first-order valence-electron chi connectivity index (χ1n) is 5.61. The smallest absolute Gasteiger partial charge is 0.0732 e. The van der Waals surface area contributed by atoms with Gasteiger partial charge in [-0.1, -0.05) is 43.7 Å². The highest BCUT2D eigenvalue weighted by molar-refractivity contribution is 6.30. The van der Waals surface area contributed by atoms with Crippen LogP contribution in [0.25, 0.3) is 5.57 Å². The minimum Gasteiger partial charge on any atom is -0.389 e. The Morgan fingerprint density at radius 3 is 2.75 bits per heavy atom. The van der Waals surface area contributed by atoms with Crippen LogP contribution < -0.4 is 0 Å². The van der Waals surface area contributed by atoms with Gasteiger partial charge >= 0.3 is 0 Å². The van der Waals surface area contributed by atoms with Crippen LogP contribution in [-0.4, -0.2) is 11.2 Å². The minimum atomic E-state index is -0.335. The van der Waals surface area contributed by atoms with Crippen molar-refractivity contribution in [1.29, 1.82) is 0 Å². The van der Waals surface area contributed by atoms with E-state index in [0.717, 1.165) is 23.4 Å². The third-order valence-electron chi connectivity index (χ3n) is 3.02. The summed E-state index contributed by atoms with van der Waals surface area (Å²) in [6.45, 7) is 4.38. The number of rotatable bonds is 1. The first kappa shape index (κ1) is 11.7. The van der Waals surface area contributed by atoms with Crippen LogP contribution in [0, 0.1) is 5.41 Å². The van der Waals surface area contributed by atoms with Gasteiger partial charge < -0.3 is 5.11 Å². The molecule has 1 atom stereocenters. The number of allylic oxidation sites excluding steroid dienone is 1. The van der Waals surface area contributed by atoms with Crippen molar-refractivity contribution in [1.82, 2.24) is 0 Å². The number of benzene rings is 1. The van der Waals surface area contributed by atoms with E-state index in [2.05, 4.69) is 13.8 Å². The van der Waals surface area contributed by atoms with Crippen molar-refractivity contribution in [2.75, 3.05) is 0 Å². The largest absolute Gasteiger partial charge is 0.389 e. The molecule has 0 fully saturated rings. The minimum absolute atomic E-state index is 0.159. The fourth-order valence-corrected chi connectivity index (χ4v) is 2.58. The molecule has 0 bridgehead atoms. The number of aliphatic hydroxyl groups excluding tert-OH is 1. The van der Waals surface area contributed by atoms with Gasteiger partial charge in [0.2, 0.25) is 0 Å². The molecule has 0 radical (unpaired) electrons. The molecule has 0 saturated carbocycles. The van der Waals surface area contributed by atoms with Gasteiger partial charge in [-0.25, -0.2) is 0 Å². The molecule has 1 aromatic rings. The zero-order valence-corrected chi connectivity index (χ0v) is 10.5. The maximum atomic E-state index is 9.84. The van der Waals surface area contributed by atoms with Gasteiger partial charge in [0.05, 0.1) is 6.10 Å². The Bertz CT molecular complexity index is 420. The third kappa shape index (κ3) is 2.66. The summed E-state index contributed by atoms with van der Waals surface area (Å²) in [5.41, 5.74) is 2.48. The van der Waals surface area contributed by atoms with Crippen molar-refractivity contribution >= 4 is 17.2 Å². The van der Waals surface area contributed by atoms with Gasteiger partial charge in [-0.3, -0.25) is 0 Å². The predicted octanol–water partition coefficient (Wildman–Crippen LogP) is 3.90. The van der Waals surface area contributed by atoms with Crippen LogP contribution in [0.1, 0.15) is 32.3 Å². The van der Waals surface area contributed by atoms with Crippen LogP contribution in [0.5, 0.6) is 0 Å². The van der Waals surface area contributed by atoms with E-state index < -0.39 is 0 Å². The highest BCUT2D eigenvalue weighted by Crippen LogP contribution is 2.39. The lowest BCUT2D eigenvalue weighted by molar-refractivity contribution is 0.146. The summed E-state index contributed by atoms with van der Waals surface area (Å²) in [7, 11) is 0. The Kier molecular flexibility index (Phi) is 3.09. The number of hydrogen-bond donors (Lipinski definition) is 1. The lowest BCUT2D eigenvalue weighted by atomic mass is 9.74. The van der Waals surface area contributed by atoms with Gasteiger partial charge in [-0.05, 0) is 41.5 Å². The molecule has 16 heavy (non-hydrogen) atoms. The quantitative estimate of drug-likeness (QED) is 0.784. The molecule has 0 saturated heterocycles. The highest BCUT2D eigenvalue weighted by atomic mass is 35.5. The second kappa shape index (κ2) is 4.23. The van der Waals surface area contributed by atoms with Crippen molar-refractivity contribution in [3.63, 3.8) is 0 Å². The molecule has 1 aliphatic carbocycles. The summed E-state index contributed by atoms with van der Waals surface area (Å²) < 4.78 is 0. The molecule has 1 nitrogen and oxygen atoms in total. The first-order valence-corrected chi connectivity index (χ1v) is 5.99. The lowest BCUT2D eigenvalue weighted by Crippen LogP contribution is -2.24. The van der Waals surface area contributed by atoms with E-state index >= 15 is 0 Å². The molecule has 2 heteroatoms. The maximum Gasteiger partial charge on any atom is 0.0732 e. The molecular formula is C14H17ClO. The van der Waals surface area contributed by atoms with E-state index in [9.17, 15) is 5.11 Å². The molecule has 0 aliphatic heterocycles. The van der Waals surface area contributed by atoms with Crippen LogP contribution in [0.15, 0.2) is 30.3 Å². The van der Waals surface area contributed by atoms with Gasteiger partial charge in [0.15, 0.2) is 0 Å². The molecule has 0 amide bonds. The zero-order chi connectivity index (χ0) is 11.8. The fraction of sp³-hybridized carbons (Fsp3) is 0.429. The van der Waals surface area contributed by atoms with E-state index in [1.54, 1.807) is 0 Å². The van der Waals surface area contributed by atoms with Gasteiger partial charge in [-0.15, -0.1) is 0 Å². The first-order chi connectivity index (χ1) is 7.46. The summed E-state index contributed by atoms with van der Waals surface area (Å²) in [6, 6.07) is 7.83. The lowest BCUT2D eigenvalue weighted by Gasteiger charge is -2.32.